The van der Waals surface area contributed by atoms with E-state index in [0.29, 0.717) is 5.88 Å². The lowest BCUT2D eigenvalue weighted by Gasteiger charge is -2.10. The Bertz CT molecular complexity index is 815. The Morgan fingerprint density at radius 2 is 1.32 bits per heavy atom. The summed E-state index contributed by atoms with van der Waals surface area (Å²) in [4.78, 5) is 8.91. The zero-order chi connectivity index (χ0) is 19.4. The van der Waals surface area contributed by atoms with Crippen molar-refractivity contribution in [2.24, 2.45) is 0 Å². The Labute approximate surface area is 168 Å². The molecule has 28 heavy (non-hydrogen) atoms. The number of hydrogen-bond acceptors (Lipinski definition) is 3. The SMILES string of the molecule is CCCCCCCCCc1nccnc1Oc1ccc(-c2ccccc2)cc1. The molecular formula is C25H30N2O. The summed E-state index contributed by atoms with van der Waals surface area (Å²) in [5, 5.41) is 0. The number of ether oxygens (including phenoxy) is 1. The van der Waals surface area contributed by atoms with Gasteiger partial charge in [0.2, 0.25) is 5.88 Å². The van der Waals surface area contributed by atoms with E-state index in [1.807, 2.05) is 18.2 Å². The Balaban J connectivity index is 1.54. The summed E-state index contributed by atoms with van der Waals surface area (Å²) >= 11 is 0. The Morgan fingerprint density at radius 3 is 2.07 bits per heavy atom. The van der Waals surface area contributed by atoms with Crippen molar-refractivity contribution in [3.8, 4) is 22.8 Å². The molecule has 146 valence electrons. The van der Waals surface area contributed by atoms with E-state index in [1.54, 1.807) is 12.4 Å². The molecule has 0 aliphatic heterocycles. The number of hydrogen-bond donors (Lipinski definition) is 0. The van der Waals surface area contributed by atoms with Gasteiger partial charge >= 0.3 is 0 Å². The number of benzene rings is 2. The van der Waals surface area contributed by atoms with Gasteiger partial charge in [0.25, 0.3) is 0 Å². The first kappa shape index (κ1) is 20.1. The molecule has 0 aliphatic rings. The second-order valence-electron chi connectivity index (χ2n) is 7.17. The normalized spacial score (nSPS) is 10.8. The van der Waals surface area contributed by atoms with Crippen molar-refractivity contribution >= 4 is 0 Å². The summed E-state index contributed by atoms with van der Waals surface area (Å²) in [6.45, 7) is 2.25. The molecule has 0 bridgehead atoms. The maximum atomic E-state index is 6.04. The van der Waals surface area contributed by atoms with E-state index in [2.05, 4.69) is 53.3 Å². The lowest BCUT2D eigenvalue weighted by molar-refractivity contribution is 0.449. The van der Waals surface area contributed by atoms with Gasteiger partial charge in [0.15, 0.2) is 0 Å². The fraction of sp³-hybridized carbons (Fsp3) is 0.360. The van der Waals surface area contributed by atoms with E-state index in [0.717, 1.165) is 24.3 Å². The number of unbranched alkanes of at least 4 members (excludes halogenated alkanes) is 6. The molecule has 3 rings (SSSR count). The average Bonchev–Trinajstić information content (AvgIpc) is 2.75. The first-order valence-corrected chi connectivity index (χ1v) is 10.5. The molecule has 2 aromatic carbocycles. The van der Waals surface area contributed by atoms with Crippen LogP contribution in [0.25, 0.3) is 11.1 Å². The van der Waals surface area contributed by atoms with Crippen LogP contribution in [0.1, 0.15) is 57.6 Å². The lowest BCUT2D eigenvalue weighted by atomic mass is 10.1. The van der Waals surface area contributed by atoms with Crippen molar-refractivity contribution < 1.29 is 4.74 Å². The predicted molar refractivity (Wildman–Crippen MR) is 116 cm³/mol. The summed E-state index contributed by atoms with van der Waals surface area (Å²) < 4.78 is 6.04. The van der Waals surface area contributed by atoms with Crippen LogP contribution in [0.4, 0.5) is 0 Å². The van der Waals surface area contributed by atoms with Crippen molar-refractivity contribution in [1.82, 2.24) is 9.97 Å². The molecule has 0 N–H and O–H groups in total. The molecule has 0 saturated heterocycles. The van der Waals surface area contributed by atoms with Crippen LogP contribution in [0, 0.1) is 0 Å². The van der Waals surface area contributed by atoms with Gasteiger partial charge in [-0.25, -0.2) is 4.98 Å². The van der Waals surface area contributed by atoms with Crippen LogP contribution < -0.4 is 4.74 Å². The van der Waals surface area contributed by atoms with Gasteiger partial charge in [-0.1, -0.05) is 87.9 Å². The minimum Gasteiger partial charge on any atom is -0.437 e. The van der Waals surface area contributed by atoms with E-state index in [-0.39, 0.29) is 0 Å². The van der Waals surface area contributed by atoms with Gasteiger partial charge in [0, 0.05) is 12.4 Å². The van der Waals surface area contributed by atoms with E-state index >= 15 is 0 Å². The van der Waals surface area contributed by atoms with Crippen molar-refractivity contribution in [1.29, 1.82) is 0 Å². The van der Waals surface area contributed by atoms with Crippen LogP contribution >= 0.6 is 0 Å². The van der Waals surface area contributed by atoms with Crippen LogP contribution in [-0.4, -0.2) is 9.97 Å². The highest BCUT2D eigenvalue weighted by atomic mass is 16.5. The first-order valence-electron chi connectivity index (χ1n) is 10.5. The molecule has 0 atom stereocenters. The van der Waals surface area contributed by atoms with Crippen LogP contribution in [0.15, 0.2) is 67.0 Å². The van der Waals surface area contributed by atoms with E-state index in [9.17, 15) is 0 Å². The molecule has 0 unspecified atom stereocenters. The molecule has 3 heteroatoms. The third kappa shape index (κ3) is 6.19. The van der Waals surface area contributed by atoms with E-state index < -0.39 is 0 Å². The number of aromatic nitrogens is 2. The Hall–Kier alpha value is -2.68. The van der Waals surface area contributed by atoms with Crippen LogP contribution in [0.5, 0.6) is 11.6 Å². The molecule has 3 nitrogen and oxygen atoms in total. The molecule has 1 aromatic heterocycles. The molecule has 0 spiro atoms. The second-order valence-corrected chi connectivity index (χ2v) is 7.17. The van der Waals surface area contributed by atoms with Gasteiger partial charge in [-0.15, -0.1) is 0 Å². The van der Waals surface area contributed by atoms with Crippen molar-refractivity contribution in [2.45, 2.75) is 58.3 Å². The zero-order valence-electron chi connectivity index (χ0n) is 16.8. The maximum Gasteiger partial charge on any atom is 0.241 e. The summed E-state index contributed by atoms with van der Waals surface area (Å²) in [5.74, 6) is 1.42. The molecule has 0 aliphatic carbocycles. The van der Waals surface area contributed by atoms with Gasteiger partial charge in [0.1, 0.15) is 11.4 Å². The fourth-order valence-electron chi connectivity index (χ4n) is 3.32. The molecule has 0 fully saturated rings. The second kappa shape index (κ2) is 11.2. The maximum absolute atomic E-state index is 6.04. The number of rotatable bonds is 11. The van der Waals surface area contributed by atoms with E-state index in [4.69, 9.17) is 4.74 Å². The van der Waals surface area contributed by atoms with Crippen molar-refractivity contribution in [3.05, 3.63) is 72.7 Å². The minimum atomic E-state index is 0.626. The largest absolute Gasteiger partial charge is 0.437 e. The molecule has 1 heterocycles. The van der Waals surface area contributed by atoms with Crippen LogP contribution in [0.2, 0.25) is 0 Å². The van der Waals surface area contributed by atoms with Crippen LogP contribution in [0.3, 0.4) is 0 Å². The Morgan fingerprint density at radius 1 is 0.679 bits per heavy atom. The predicted octanol–water partition coefficient (Wildman–Crippen LogP) is 7.23. The van der Waals surface area contributed by atoms with E-state index in [1.165, 1.54) is 49.7 Å². The third-order valence-electron chi connectivity index (χ3n) is 4.93. The number of aryl methyl sites for hydroxylation is 1. The zero-order valence-corrected chi connectivity index (χ0v) is 16.8. The molecular weight excluding hydrogens is 344 g/mol. The first-order chi connectivity index (χ1) is 13.9. The van der Waals surface area contributed by atoms with Gasteiger partial charge in [0.05, 0.1) is 0 Å². The third-order valence-corrected chi connectivity index (χ3v) is 4.93. The van der Waals surface area contributed by atoms with Crippen molar-refractivity contribution in [3.63, 3.8) is 0 Å². The molecule has 0 amide bonds. The summed E-state index contributed by atoms with van der Waals surface area (Å²) in [6.07, 6.45) is 13.4. The topological polar surface area (TPSA) is 35.0 Å². The highest BCUT2D eigenvalue weighted by Crippen LogP contribution is 2.26. The number of nitrogens with zero attached hydrogens (tertiary/aromatic N) is 2. The smallest absolute Gasteiger partial charge is 0.241 e. The summed E-state index contributed by atoms with van der Waals surface area (Å²) in [6, 6.07) is 18.5. The summed E-state index contributed by atoms with van der Waals surface area (Å²) in [7, 11) is 0. The van der Waals surface area contributed by atoms with Crippen LogP contribution in [-0.2, 0) is 6.42 Å². The molecule has 0 radical (unpaired) electrons. The lowest BCUT2D eigenvalue weighted by Crippen LogP contribution is -1.98. The highest BCUT2D eigenvalue weighted by molar-refractivity contribution is 5.64. The molecule has 0 saturated carbocycles. The van der Waals surface area contributed by atoms with Gasteiger partial charge < -0.3 is 4.74 Å². The minimum absolute atomic E-state index is 0.626. The average molecular weight is 375 g/mol. The fourth-order valence-corrected chi connectivity index (χ4v) is 3.32. The van der Waals surface area contributed by atoms with Gasteiger partial charge in [-0.3, -0.25) is 4.98 Å². The van der Waals surface area contributed by atoms with Gasteiger partial charge in [-0.05, 0) is 36.1 Å². The summed E-state index contributed by atoms with van der Waals surface area (Å²) in [5.41, 5.74) is 3.33. The molecule has 3 aromatic rings. The Kier molecular flexibility index (Phi) is 8.05. The quantitative estimate of drug-likeness (QED) is 0.332. The van der Waals surface area contributed by atoms with Gasteiger partial charge in [-0.2, -0.15) is 0 Å². The standard InChI is InChI=1S/C25H30N2O/c1-2-3-4-5-6-7-11-14-24-25(27-20-19-26-24)28-23-17-15-22(16-18-23)21-12-9-8-10-13-21/h8-10,12-13,15-20H,2-7,11,14H2,1H3. The monoisotopic (exact) mass is 374 g/mol. The van der Waals surface area contributed by atoms with Crippen molar-refractivity contribution in [2.75, 3.05) is 0 Å². The highest BCUT2D eigenvalue weighted by Gasteiger charge is 2.08.